The predicted molar refractivity (Wildman–Crippen MR) is 169 cm³/mol. The van der Waals surface area contributed by atoms with Crippen LogP contribution >= 0.6 is 0 Å². The SMILES string of the molecule is CCN(CC1=C(c2ccc(C)cc2)S(=O)(=O)N(C)C12CCCCC2)C(=O)[C@@H](COCc1ccccc1)NC(=O)C(C)(C)N. The number of aryl methyl sites for hydroxylation is 1. The average molecular weight is 611 g/mol. The molecular weight excluding hydrogens is 564 g/mol. The number of nitrogens with zero attached hydrogens (tertiary/aromatic N) is 2. The minimum absolute atomic E-state index is 0.0563. The number of amides is 2. The van der Waals surface area contributed by atoms with Gasteiger partial charge in [-0.15, -0.1) is 0 Å². The van der Waals surface area contributed by atoms with Gasteiger partial charge in [0.15, 0.2) is 0 Å². The van der Waals surface area contributed by atoms with Crippen molar-refractivity contribution in [1.82, 2.24) is 14.5 Å². The second kappa shape index (κ2) is 13.3. The lowest BCUT2D eigenvalue weighted by Crippen LogP contribution is -2.58. The van der Waals surface area contributed by atoms with Crippen molar-refractivity contribution in [2.45, 2.75) is 83.5 Å². The van der Waals surface area contributed by atoms with Gasteiger partial charge < -0.3 is 20.7 Å². The normalized spacial score (nSPS) is 18.9. The van der Waals surface area contributed by atoms with Gasteiger partial charge in [-0.2, -0.15) is 4.31 Å². The van der Waals surface area contributed by atoms with Gasteiger partial charge in [0.05, 0.1) is 29.2 Å². The Hall–Kier alpha value is -3.05. The number of benzene rings is 2. The molecule has 234 valence electrons. The molecule has 9 nitrogen and oxygen atoms in total. The summed E-state index contributed by atoms with van der Waals surface area (Å²) in [5.74, 6) is -0.821. The van der Waals surface area contributed by atoms with E-state index in [-0.39, 0.29) is 30.6 Å². The van der Waals surface area contributed by atoms with Crippen LogP contribution in [0.25, 0.3) is 4.91 Å². The van der Waals surface area contributed by atoms with Gasteiger partial charge in [0, 0.05) is 20.1 Å². The number of hydrogen-bond donors (Lipinski definition) is 2. The van der Waals surface area contributed by atoms with Crippen LogP contribution in [0.4, 0.5) is 0 Å². The van der Waals surface area contributed by atoms with Crippen LogP contribution in [-0.4, -0.2) is 73.3 Å². The first-order valence-electron chi connectivity index (χ1n) is 15.1. The van der Waals surface area contributed by atoms with Gasteiger partial charge in [-0.25, -0.2) is 8.42 Å². The molecule has 1 saturated carbocycles. The predicted octanol–water partition coefficient (Wildman–Crippen LogP) is 3.97. The summed E-state index contributed by atoms with van der Waals surface area (Å²) >= 11 is 0. The standard InChI is InChI=1S/C33H46N4O5S/c1-6-37(30(38)28(35-31(39)32(3,4)34)23-42-22-25-13-9-7-10-14-25)21-27-29(26-17-15-24(2)16-18-26)43(40,41)36(5)33(27)19-11-8-12-20-33/h7,9-10,13-18,28H,6,8,11-12,19-23,34H2,1-5H3,(H,35,39)/t28-/m1/s1. The fourth-order valence-corrected chi connectivity index (χ4v) is 8.10. The number of hydrogen-bond acceptors (Lipinski definition) is 6. The summed E-state index contributed by atoms with van der Waals surface area (Å²) in [5, 5.41) is 2.80. The van der Waals surface area contributed by atoms with Crippen molar-refractivity contribution in [3.8, 4) is 0 Å². The van der Waals surface area contributed by atoms with Gasteiger partial charge in [-0.05, 0) is 57.2 Å². The second-order valence-corrected chi connectivity index (χ2v) is 14.2. The minimum atomic E-state index is -3.81. The van der Waals surface area contributed by atoms with Crippen molar-refractivity contribution in [2.75, 3.05) is 26.7 Å². The lowest BCUT2D eigenvalue weighted by molar-refractivity contribution is -0.139. The first kappa shape index (κ1) is 32.9. The highest BCUT2D eigenvalue weighted by atomic mass is 32.2. The molecule has 10 heteroatoms. The number of likely N-dealkylation sites (N-methyl/N-ethyl adjacent to an activating group) is 2. The number of carbonyl (C=O) groups is 2. The number of ether oxygens (including phenoxy) is 1. The fraction of sp³-hybridized carbons (Fsp3) is 0.515. The molecule has 1 atom stereocenters. The van der Waals surface area contributed by atoms with Crippen LogP contribution in [0.1, 0.15) is 69.6 Å². The van der Waals surface area contributed by atoms with Gasteiger partial charge in [-0.1, -0.05) is 79.4 Å². The lowest BCUT2D eigenvalue weighted by Gasteiger charge is -2.42. The highest BCUT2D eigenvalue weighted by molar-refractivity contribution is 7.98. The highest BCUT2D eigenvalue weighted by Crippen LogP contribution is 2.51. The van der Waals surface area contributed by atoms with Crippen molar-refractivity contribution in [1.29, 1.82) is 0 Å². The van der Waals surface area contributed by atoms with Crippen LogP contribution in [0, 0.1) is 6.92 Å². The van der Waals surface area contributed by atoms with E-state index in [9.17, 15) is 18.0 Å². The fourth-order valence-electron chi connectivity index (χ4n) is 6.07. The van der Waals surface area contributed by atoms with Gasteiger partial charge in [0.2, 0.25) is 21.8 Å². The van der Waals surface area contributed by atoms with Crippen LogP contribution in [0.15, 0.2) is 60.2 Å². The molecule has 1 aliphatic carbocycles. The van der Waals surface area contributed by atoms with E-state index in [2.05, 4.69) is 5.32 Å². The van der Waals surface area contributed by atoms with E-state index in [0.29, 0.717) is 24.9 Å². The van der Waals surface area contributed by atoms with E-state index >= 15 is 0 Å². The zero-order valence-electron chi connectivity index (χ0n) is 26.1. The maximum absolute atomic E-state index is 14.2. The summed E-state index contributed by atoms with van der Waals surface area (Å²) in [6, 6.07) is 16.1. The largest absolute Gasteiger partial charge is 0.374 e. The van der Waals surface area contributed by atoms with Gasteiger partial charge in [0.1, 0.15) is 6.04 Å². The van der Waals surface area contributed by atoms with Crippen LogP contribution in [0.2, 0.25) is 0 Å². The van der Waals surface area contributed by atoms with Crippen molar-refractivity contribution < 1.29 is 22.7 Å². The molecule has 43 heavy (non-hydrogen) atoms. The molecule has 3 N–H and O–H groups in total. The van der Waals surface area contributed by atoms with E-state index in [1.54, 1.807) is 30.1 Å². The zero-order valence-corrected chi connectivity index (χ0v) is 26.9. The second-order valence-electron chi connectivity index (χ2n) is 12.3. The van der Waals surface area contributed by atoms with E-state index in [4.69, 9.17) is 10.5 Å². The maximum atomic E-state index is 14.2. The number of nitrogens with two attached hydrogens (primary N) is 1. The molecule has 0 bridgehead atoms. The Morgan fingerprint density at radius 3 is 2.28 bits per heavy atom. The molecule has 2 aliphatic rings. The summed E-state index contributed by atoms with van der Waals surface area (Å²) in [4.78, 5) is 29.0. The summed E-state index contributed by atoms with van der Waals surface area (Å²) < 4.78 is 35.5. The van der Waals surface area contributed by atoms with Crippen molar-refractivity contribution in [3.05, 3.63) is 76.9 Å². The van der Waals surface area contributed by atoms with E-state index in [1.165, 1.54) is 0 Å². The van der Waals surface area contributed by atoms with Crippen LogP contribution in [-0.2, 0) is 31.0 Å². The average Bonchev–Trinajstić information content (AvgIpc) is 3.13. The Kier molecular flexibility index (Phi) is 10.2. The Morgan fingerprint density at radius 2 is 1.70 bits per heavy atom. The molecule has 0 unspecified atom stereocenters. The lowest BCUT2D eigenvalue weighted by atomic mass is 9.75. The first-order valence-corrected chi connectivity index (χ1v) is 16.6. The smallest absolute Gasteiger partial charge is 0.247 e. The third-order valence-electron chi connectivity index (χ3n) is 8.68. The third-order valence-corrected chi connectivity index (χ3v) is 10.7. The Morgan fingerprint density at radius 1 is 1.07 bits per heavy atom. The Labute approximate surface area is 256 Å². The van der Waals surface area contributed by atoms with Crippen molar-refractivity contribution >= 4 is 26.7 Å². The first-order chi connectivity index (χ1) is 20.3. The number of carbonyl (C=O) groups excluding carboxylic acids is 2. The number of rotatable bonds is 11. The number of sulfonamides is 1. The molecule has 4 rings (SSSR count). The van der Waals surface area contributed by atoms with Crippen molar-refractivity contribution in [2.24, 2.45) is 5.73 Å². The van der Waals surface area contributed by atoms with Crippen LogP contribution < -0.4 is 11.1 Å². The molecule has 1 spiro atoms. The maximum Gasteiger partial charge on any atom is 0.247 e. The summed E-state index contributed by atoms with van der Waals surface area (Å²) in [7, 11) is -2.14. The van der Waals surface area contributed by atoms with E-state index < -0.39 is 33.1 Å². The summed E-state index contributed by atoms with van der Waals surface area (Å²) in [6.07, 6.45) is 4.24. The van der Waals surface area contributed by atoms with E-state index in [1.807, 2.05) is 68.4 Å². The van der Waals surface area contributed by atoms with Crippen LogP contribution in [0.5, 0.6) is 0 Å². The highest BCUT2D eigenvalue weighted by Gasteiger charge is 2.54. The molecule has 1 aliphatic heterocycles. The zero-order chi connectivity index (χ0) is 31.4. The molecule has 2 amide bonds. The molecule has 2 aromatic rings. The van der Waals surface area contributed by atoms with Gasteiger partial charge >= 0.3 is 0 Å². The molecule has 0 saturated heterocycles. The van der Waals surface area contributed by atoms with Crippen LogP contribution in [0.3, 0.4) is 0 Å². The molecule has 1 fully saturated rings. The third kappa shape index (κ3) is 7.03. The minimum Gasteiger partial charge on any atom is -0.374 e. The molecule has 2 aromatic carbocycles. The molecule has 0 aromatic heterocycles. The van der Waals surface area contributed by atoms with Gasteiger partial charge in [0.25, 0.3) is 0 Å². The van der Waals surface area contributed by atoms with Crippen molar-refractivity contribution in [3.63, 3.8) is 0 Å². The summed E-state index contributed by atoms with van der Waals surface area (Å²) in [5.41, 5.74) is 7.49. The number of nitrogens with one attached hydrogen (secondary N) is 1. The van der Waals surface area contributed by atoms with Gasteiger partial charge in [-0.3, -0.25) is 9.59 Å². The summed E-state index contributed by atoms with van der Waals surface area (Å²) in [6.45, 7) is 7.65. The molecule has 1 heterocycles. The topological polar surface area (TPSA) is 122 Å². The quantitative estimate of drug-likeness (QED) is 0.397. The Balaban J connectivity index is 1.70. The Bertz CT molecular complexity index is 1430. The monoisotopic (exact) mass is 610 g/mol. The van der Waals surface area contributed by atoms with E-state index in [0.717, 1.165) is 36.0 Å². The molecule has 0 radical (unpaired) electrons. The molecular formula is C33H46N4O5S.